The van der Waals surface area contributed by atoms with Crippen molar-refractivity contribution in [3.63, 3.8) is 0 Å². The van der Waals surface area contributed by atoms with Gasteiger partial charge in [0.2, 0.25) is 0 Å². The van der Waals surface area contributed by atoms with Gasteiger partial charge in [0.15, 0.2) is 0 Å². The zero-order chi connectivity index (χ0) is 27.6. The number of nitrogens with one attached hydrogen (secondary N) is 1. The van der Waals surface area contributed by atoms with Crippen LogP contribution in [0.5, 0.6) is 0 Å². The number of carbonyl (C=O) groups excluding carboxylic acids is 1. The van der Waals surface area contributed by atoms with Crippen LogP contribution in [0, 0.1) is 31.6 Å². The number of rotatable bonds is 6. The summed E-state index contributed by atoms with van der Waals surface area (Å²) in [5, 5.41) is 14.3. The molecule has 8 heteroatoms. The summed E-state index contributed by atoms with van der Waals surface area (Å²) in [5.74, 6) is 2.15. The van der Waals surface area contributed by atoms with Gasteiger partial charge in [-0.1, -0.05) is 47.5 Å². The molecular weight excluding hydrogens is 541 g/mol. The molecule has 0 saturated heterocycles. The van der Waals surface area contributed by atoms with Crippen LogP contribution in [0.1, 0.15) is 71.5 Å². The first-order valence-electron chi connectivity index (χ1n) is 14.2. The van der Waals surface area contributed by atoms with Gasteiger partial charge in [-0.2, -0.15) is 10.2 Å². The van der Waals surface area contributed by atoms with Crippen LogP contribution >= 0.6 is 23.2 Å². The fourth-order valence-corrected chi connectivity index (χ4v) is 8.54. The lowest BCUT2D eigenvalue weighted by Crippen LogP contribution is -2.49. The third kappa shape index (κ3) is 4.46. The average molecular weight is 575 g/mol. The number of benzene rings is 2. The Bertz CT molecular complexity index is 1570. The van der Waals surface area contributed by atoms with Crippen LogP contribution in [0.3, 0.4) is 0 Å². The third-order valence-corrected chi connectivity index (χ3v) is 10.1. The second kappa shape index (κ2) is 9.78. The highest BCUT2D eigenvalue weighted by molar-refractivity contribution is 6.35. The van der Waals surface area contributed by atoms with E-state index in [1.54, 1.807) is 6.07 Å². The van der Waals surface area contributed by atoms with Crippen LogP contribution in [0.4, 0.5) is 5.69 Å². The average Bonchev–Trinajstić information content (AvgIpc) is 3.48. The molecule has 0 aliphatic heterocycles. The Morgan fingerprint density at radius 3 is 2.30 bits per heavy atom. The third-order valence-electron chi connectivity index (χ3n) is 9.48. The van der Waals surface area contributed by atoms with E-state index in [-0.39, 0.29) is 11.3 Å². The van der Waals surface area contributed by atoms with E-state index in [1.807, 2.05) is 71.9 Å². The van der Waals surface area contributed by atoms with Gasteiger partial charge in [-0.3, -0.25) is 9.48 Å². The number of amides is 1. The van der Waals surface area contributed by atoms with Crippen molar-refractivity contribution in [1.82, 2.24) is 19.6 Å². The van der Waals surface area contributed by atoms with E-state index in [1.165, 1.54) is 19.3 Å². The number of aromatic nitrogens is 4. The predicted octanol–water partition coefficient (Wildman–Crippen LogP) is 7.76. The molecule has 0 radical (unpaired) electrons. The summed E-state index contributed by atoms with van der Waals surface area (Å²) < 4.78 is 3.78. The molecular formula is C32H33Cl2N5O. The monoisotopic (exact) mass is 573 g/mol. The molecule has 1 N–H and O–H groups in total. The SMILES string of the molecule is Cc1nn(Cc2ccc(Cl)cc2Cl)c(C)c1NC(=O)c1cn(-c2ccccc2)nc1C12CC3CC(CC(C3)C1)C2. The summed E-state index contributed by atoms with van der Waals surface area (Å²) in [4.78, 5) is 14.1. The van der Waals surface area contributed by atoms with Crippen molar-refractivity contribution in [1.29, 1.82) is 0 Å². The number of para-hydroxylation sites is 1. The first-order chi connectivity index (χ1) is 19.3. The molecule has 1 amide bonds. The van der Waals surface area contributed by atoms with Crippen LogP contribution in [0.2, 0.25) is 10.0 Å². The molecule has 0 unspecified atom stereocenters. The van der Waals surface area contributed by atoms with Gasteiger partial charge in [-0.15, -0.1) is 0 Å². The molecule has 4 fully saturated rings. The molecule has 0 atom stereocenters. The molecule has 2 aromatic carbocycles. The van der Waals surface area contributed by atoms with Crippen molar-refractivity contribution in [2.24, 2.45) is 17.8 Å². The van der Waals surface area contributed by atoms with Crippen LogP contribution < -0.4 is 5.32 Å². The van der Waals surface area contributed by atoms with Crippen molar-refractivity contribution >= 4 is 34.8 Å². The van der Waals surface area contributed by atoms with Gasteiger partial charge in [0.05, 0.1) is 40.6 Å². The molecule has 206 valence electrons. The summed E-state index contributed by atoms with van der Waals surface area (Å²) >= 11 is 12.5. The van der Waals surface area contributed by atoms with Crippen LogP contribution in [-0.2, 0) is 12.0 Å². The minimum Gasteiger partial charge on any atom is -0.319 e. The number of nitrogens with zero attached hydrogens (tertiary/aromatic N) is 4. The quantitative estimate of drug-likeness (QED) is 0.256. The number of hydrogen-bond donors (Lipinski definition) is 1. The smallest absolute Gasteiger partial charge is 0.259 e. The molecule has 4 aliphatic rings. The zero-order valence-electron chi connectivity index (χ0n) is 22.8. The van der Waals surface area contributed by atoms with Crippen LogP contribution in [0.25, 0.3) is 5.69 Å². The van der Waals surface area contributed by atoms with Gasteiger partial charge in [0, 0.05) is 21.7 Å². The molecule has 2 heterocycles. The Balaban J connectivity index is 1.23. The molecule has 4 saturated carbocycles. The molecule has 4 aromatic rings. The van der Waals surface area contributed by atoms with Crippen molar-refractivity contribution in [3.05, 3.63) is 93.0 Å². The Hall–Kier alpha value is -3.09. The second-order valence-electron chi connectivity index (χ2n) is 12.3. The highest BCUT2D eigenvalue weighted by Crippen LogP contribution is 2.61. The van der Waals surface area contributed by atoms with Gasteiger partial charge in [-0.05, 0) is 100.0 Å². The number of aryl methyl sites for hydroxylation is 1. The number of anilines is 1. The van der Waals surface area contributed by atoms with E-state index in [9.17, 15) is 4.79 Å². The summed E-state index contributed by atoms with van der Waals surface area (Å²) in [5.41, 5.74) is 5.91. The van der Waals surface area contributed by atoms with Crippen molar-refractivity contribution in [3.8, 4) is 5.69 Å². The van der Waals surface area contributed by atoms with Crippen LogP contribution in [-0.4, -0.2) is 25.5 Å². The lowest BCUT2D eigenvalue weighted by Gasteiger charge is -2.56. The van der Waals surface area contributed by atoms with E-state index in [2.05, 4.69) is 5.32 Å². The molecule has 2 aromatic heterocycles. The van der Waals surface area contributed by atoms with E-state index in [0.717, 1.165) is 71.0 Å². The van der Waals surface area contributed by atoms with Crippen molar-refractivity contribution in [2.45, 2.75) is 64.3 Å². The minimum atomic E-state index is -0.122. The summed E-state index contributed by atoms with van der Waals surface area (Å²) in [6.07, 6.45) is 9.38. The zero-order valence-corrected chi connectivity index (χ0v) is 24.3. The summed E-state index contributed by atoms with van der Waals surface area (Å²) in [6.45, 7) is 4.39. The maximum absolute atomic E-state index is 14.1. The highest BCUT2D eigenvalue weighted by Gasteiger charge is 2.54. The highest BCUT2D eigenvalue weighted by atomic mass is 35.5. The molecule has 0 spiro atoms. The Morgan fingerprint density at radius 1 is 0.975 bits per heavy atom. The fraction of sp³-hybridized carbons (Fsp3) is 0.406. The predicted molar refractivity (Wildman–Crippen MR) is 159 cm³/mol. The van der Waals surface area contributed by atoms with E-state index in [0.29, 0.717) is 22.2 Å². The normalized spacial score (nSPS) is 24.9. The maximum atomic E-state index is 14.1. The molecule has 6 nitrogen and oxygen atoms in total. The second-order valence-corrected chi connectivity index (χ2v) is 13.1. The number of hydrogen-bond acceptors (Lipinski definition) is 3. The first-order valence-corrected chi connectivity index (χ1v) is 15.0. The number of halogens is 2. The van der Waals surface area contributed by atoms with Gasteiger partial charge < -0.3 is 5.32 Å². The molecule has 8 rings (SSSR count). The maximum Gasteiger partial charge on any atom is 0.259 e. The lowest BCUT2D eigenvalue weighted by molar-refractivity contribution is -0.00765. The Labute approximate surface area is 244 Å². The molecule has 40 heavy (non-hydrogen) atoms. The Morgan fingerprint density at radius 2 is 1.65 bits per heavy atom. The van der Waals surface area contributed by atoms with E-state index in [4.69, 9.17) is 33.4 Å². The van der Waals surface area contributed by atoms with Gasteiger partial charge >= 0.3 is 0 Å². The first kappa shape index (κ1) is 25.8. The number of carbonyl (C=O) groups is 1. The van der Waals surface area contributed by atoms with E-state index < -0.39 is 0 Å². The van der Waals surface area contributed by atoms with Crippen LogP contribution in [0.15, 0.2) is 54.7 Å². The largest absolute Gasteiger partial charge is 0.319 e. The molecule has 4 aliphatic carbocycles. The molecule has 4 bridgehead atoms. The topological polar surface area (TPSA) is 64.7 Å². The standard InChI is InChI=1S/C32H33Cl2N5O/c1-19-29(20(2)38(36-19)17-24-8-9-25(33)13-28(24)34)35-31(40)27-18-39(26-6-4-3-5-7-26)37-30(27)32-14-21-10-22(15-32)12-23(11-21)16-32/h3-9,13,18,21-23H,10-12,14-17H2,1-2H3,(H,35,40). The van der Waals surface area contributed by atoms with Gasteiger partial charge in [0.25, 0.3) is 5.91 Å². The Kier molecular flexibility index (Phi) is 6.32. The summed E-state index contributed by atoms with van der Waals surface area (Å²) in [7, 11) is 0. The minimum absolute atomic E-state index is 0.0128. The summed E-state index contributed by atoms with van der Waals surface area (Å²) in [6, 6.07) is 15.6. The van der Waals surface area contributed by atoms with Crippen molar-refractivity contribution in [2.75, 3.05) is 5.32 Å². The fourth-order valence-electron chi connectivity index (χ4n) is 8.07. The lowest BCUT2D eigenvalue weighted by atomic mass is 9.48. The van der Waals surface area contributed by atoms with E-state index >= 15 is 0 Å². The van der Waals surface area contributed by atoms with Gasteiger partial charge in [-0.25, -0.2) is 4.68 Å². The van der Waals surface area contributed by atoms with Crippen molar-refractivity contribution < 1.29 is 4.79 Å². The van der Waals surface area contributed by atoms with Gasteiger partial charge in [0.1, 0.15) is 0 Å².